The van der Waals surface area contributed by atoms with E-state index in [0.717, 1.165) is 117 Å². The van der Waals surface area contributed by atoms with E-state index in [1.807, 2.05) is 109 Å². The number of aromatic nitrogens is 2. The van der Waals surface area contributed by atoms with Gasteiger partial charge in [0.15, 0.2) is 0 Å². The van der Waals surface area contributed by atoms with Gasteiger partial charge in [0, 0.05) is 72.4 Å². The van der Waals surface area contributed by atoms with E-state index in [4.69, 9.17) is 6.85 Å². The average molecular weight is 1200 g/mol. The van der Waals surface area contributed by atoms with Crippen molar-refractivity contribution in [1.29, 1.82) is 0 Å². The van der Waals surface area contributed by atoms with Crippen molar-refractivity contribution < 1.29 is 17.8 Å². The molecule has 0 radical (unpaired) electrons. The highest BCUT2D eigenvalue weighted by Gasteiger charge is 2.46. The zero-order valence-electron chi connectivity index (χ0n) is 64.0. The van der Waals surface area contributed by atoms with Crippen LogP contribution in [0.4, 0.5) is 34.1 Å². The van der Waals surface area contributed by atoms with Crippen molar-refractivity contribution in [2.24, 2.45) is 0 Å². The summed E-state index contributed by atoms with van der Waals surface area (Å²) < 4.78 is 125. The van der Waals surface area contributed by atoms with Crippen LogP contribution in [0, 0.1) is 0 Å². The predicted molar refractivity (Wildman–Crippen MR) is 395 cm³/mol. The lowest BCUT2D eigenvalue weighted by atomic mass is 9.33. The van der Waals surface area contributed by atoms with Crippen LogP contribution in [0.3, 0.4) is 0 Å². The van der Waals surface area contributed by atoms with Crippen molar-refractivity contribution in [3.8, 4) is 67.0 Å². The Morgan fingerprint density at radius 3 is 1.44 bits per heavy atom. The van der Waals surface area contributed by atoms with Crippen molar-refractivity contribution >= 4 is 101 Å². The molecule has 0 fully saturated rings. The Balaban J connectivity index is 1.07. The maximum Gasteiger partial charge on any atom is 0.252 e. The molecular weight excluding hydrogens is 1120 g/mol. The molecule has 16 aromatic rings. The normalized spacial score (nSPS) is 14.6. The molecule has 4 nitrogen and oxygen atoms in total. The highest BCUT2D eigenvalue weighted by Crippen LogP contribution is 2.55. The highest BCUT2D eigenvalue weighted by atomic mass is 15.2. The summed E-state index contributed by atoms with van der Waals surface area (Å²) in [5, 5.41) is 1.79. The monoisotopic (exact) mass is 1200 g/mol. The number of rotatable bonds is 9. The number of hydrogen-bond acceptors (Lipinski definition) is 2. The largest absolute Gasteiger partial charge is 0.310 e. The first kappa shape index (κ1) is 42.4. The van der Waals surface area contributed by atoms with Crippen LogP contribution in [-0.2, 0) is 5.41 Å². The summed E-state index contributed by atoms with van der Waals surface area (Å²) in [4.78, 5) is 4.70. The molecule has 2 aliphatic heterocycles. The molecule has 0 unspecified atom stereocenters. The molecule has 0 aliphatic carbocycles. The lowest BCUT2D eigenvalue weighted by Crippen LogP contribution is -2.61. The molecule has 93 heavy (non-hydrogen) atoms. The van der Waals surface area contributed by atoms with Gasteiger partial charge in [-0.2, -0.15) is 0 Å². The Morgan fingerprint density at radius 1 is 0.312 bits per heavy atom. The van der Waals surface area contributed by atoms with Gasteiger partial charge >= 0.3 is 0 Å². The zero-order valence-corrected chi connectivity index (χ0v) is 51.0. The van der Waals surface area contributed by atoms with Crippen molar-refractivity contribution in [1.82, 2.24) is 9.13 Å². The summed E-state index contributed by atoms with van der Waals surface area (Å²) in [5.74, 6) is 0. The molecule has 0 spiro atoms. The summed E-state index contributed by atoms with van der Waals surface area (Å²) >= 11 is 0. The minimum atomic E-state index is -0.692. The molecule has 0 N–H and O–H groups in total. The van der Waals surface area contributed by atoms with E-state index in [1.165, 1.54) is 0 Å². The first-order chi connectivity index (χ1) is 51.2. The number of para-hydroxylation sites is 5. The van der Waals surface area contributed by atoms with Crippen LogP contribution in [0.15, 0.2) is 327 Å². The fourth-order valence-electron chi connectivity index (χ4n) is 14.6. The smallest absolute Gasteiger partial charge is 0.252 e. The van der Waals surface area contributed by atoms with Crippen LogP contribution in [0.5, 0.6) is 0 Å². The molecular formula is C88H63BN4. The average Bonchev–Trinajstić information content (AvgIpc) is 0.750. The van der Waals surface area contributed by atoms with Crippen LogP contribution in [-0.4, -0.2) is 15.8 Å². The number of fused-ring (bicyclic) bond motifs is 10. The van der Waals surface area contributed by atoms with Crippen LogP contribution in [0.2, 0.25) is 0 Å². The lowest BCUT2D eigenvalue weighted by Gasteiger charge is -2.46. The van der Waals surface area contributed by atoms with Crippen LogP contribution in [0.1, 0.15) is 44.2 Å². The number of nitrogens with zero attached hydrogens (tertiary/aromatic N) is 4. The first-order valence-electron chi connectivity index (χ1n) is 37.9. The fraction of sp³-hybridized carbons (Fsp3) is 0.0455. The van der Waals surface area contributed by atoms with E-state index in [1.54, 1.807) is 4.57 Å². The van der Waals surface area contributed by atoms with Crippen molar-refractivity contribution in [2.45, 2.75) is 26.2 Å². The molecule has 438 valence electrons. The van der Waals surface area contributed by atoms with Crippen molar-refractivity contribution in [3.63, 3.8) is 0 Å². The molecule has 0 bridgehead atoms. The molecule has 18 rings (SSSR count). The Labute approximate surface area is 561 Å². The minimum absolute atomic E-state index is 0.0236. The third-order valence-electron chi connectivity index (χ3n) is 18.8. The maximum atomic E-state index is 9.78. The molecule has 2 aromatic heterocycles. The molecule has 0 saturated carbocycles. The summed E-state index contributed by atoms with van der Waals surface area (Å²) in [7, 11) is 0. The molecule has 0 amide bonds. The van der Waals surface area contributed by atoms with Crippen LogP contribution < -0.4 is 26.2 Å². The van der Waals surface area contributed by atoms with Crippen LogP contribution in [0.25, 0.3) is 111 Å². The van der Waals surface area contributed by atoms with E-state index < -0.39 is 73.2 Å². The number of anilines is 6. The summed E-state index contributed by atoms with van der Waals surface area (Å²) in [6, 6.07) is 79.3. The molecule has 0 saturated heterocycles. The first-order valence-corrected chi connectivity index (χ1v) is 31.4. The van der Waals surface area contributed by atoms with Gasteiger partial charge in [0.25, 0.3) is 6.71 Å². The predicted octanol–water partition coefficient (Wildman–Crippen LogP) is 21.6. The Morgan fingerprint density at radius 2 is 0.806 bits per heavy atom. The molecule has 2 aliphatic rings. The van der Waals surface area contributed by atoms with Gasteiger partial charge in [-0.05, 0) is 133 Å². The number of benzene rings is 14. The Kier molecular flexibility index (Phi) is 9.80. The van der Waals surface area contributed by atoms with Crippen molar-refractivity contribution in [3.05, 3.63) is 333 Å². The maximum absolute atomic E-state index is 9.78. The lowest BCUT2D eigenvalue weighted by molar-refractivity contribution is 0.590. The van der Waals surface area contributed by atoms with E-state index in [-0.39, 0.29) is 44.9 Å². The number of hydrogen-bond donors (Lipinski definition) is 0. The van der Waals surface area contributed by atoms with Gasteiger partial charge in [-0.15, -0.1) is 0 Å². The van der Waals surface area contributed by atoms with E-state index in [9.17, 15) is 11.0 Å². The van der Waals surface area contributed by atoms with Gasteiger partial charge in [0.2, 0.25) is 0 Å². The molecule has 14 aromatic carbocycles. The van der Waals surface area contributed by atoms with Crippen molar-refractivity contribution in [2.75, 3.05) is 9.80 Å². The summed E-state index contributed by atoms with van der Waals surface area (Å²) in [6.07, 6.45) is 0. The SMILES string of the molecule is [2H]c1c([2H])c([2H])c(-c2ccc3c(c2)N(c2c(-c4ccccc4)ccc4c2c2ccccc2n4-c2ccccc2)c2cc(-c4cccc(C(C)(C)C)c4)cc4c2B3c2ccc(-n3c5c([2H])c([2H])c([2H])c([2H])c5c5c([2H])c([2H])c([2H])c([2H])c53)cc2N4c2c(-c3ccccc3)cccc2-c2ccccc2)c([2H])c1[2H]. The fourth-order valence-corrected chi connectivity index (χ4v) is 14.6. The van der Waals surface area contributed by atoms with Gasteiger partial charge < -0.3 is 18.9 Å². The zero-order chi connectivity index (χ0) is 73.2. The van der Waals surface area contributed by atoms with Gasteiger partial charge in [-0.3, -0.25) is 0 Å². The topological polar surface area (TPSA) is 16.3 Å². The third-order valence-corrected chi connectivity index (χ3v) is 18.8. The molecule has 0 atom stereocenters. The Hall–Kier alpha value is -11.7. The minimum Gasteiger partial charge on any atom is -0.310 e. The van der Waals surface area contributed by atoms with E-state index >= 15 is 0 Å². The third kappa shape index (κ3) is 8.68. The van der Waals surface area contributed by atoms with Gasteiger partial charge in [0.05, 0.1) is 51.3 Å². The second-order valence-electron chi connectivity index (χ2n) is 25.0. The van der Waals surface area contributed by atoms with E-state index in [0.29, 0.717) is 22.6 Å². The Bertz CT molecular complexity index is 6270. The standard InChI is InChI=1S/C88H63BN4/c1-88(2,3)65-36-25-35-62(53-65)64-55-82-85-83(56-64)93(87-70(61-33-15-7-16-34-61)49-52-79-84(87)73-41-21-24-46-78(73)90(79)66-37-17-8-18-38-66)80-54-63(58-27-9-4-10-28-58)47-50-74(80)89(85)75-51-48-67(91-76-44-22-19-39-71(76)72-40-20-23-45-77(72)91)57-81(75)92(82)86-68(59-29-11-5-12-30-59)42-26-43-69(86)60-31-13-6-14-32-60/h4-57H,1-3H3/i4D,9D,10D,19D,20D,22D,23D,27D,28D,39D,40D,44D,45D. The molecule has 5 heteroatoms. The molecule has 4 heterocycles. The second kappa shape index (κ2) is 21.5. The highest BCUT2D eigenvalue weighted by molar-refractivity contribution is 7.00. The second-order valence-corrected chi connectivity index (χ2v) is 25.0. The summed E-state index contributed by atoms with van der Waals surface area (Å²) in [5.41, 5.74) is 18.4. The van der Waals surface area contributed by atoms with Gasteiger partial charge in [-0.25, -0.2) is 0 Å². The van der Waals surface area contributed by atoms with E-state index in [2.05, 4.69) is 175 Å². The van der Waals surface area contributed by atoms with Crippen LogP contribution >= 0.6 is 0 Å². The summed E-state index contributed by atoms with van der Waals surface area (Å²) in [6.45, 7) is 5.91. The van der Waals surface area contributed by atoms with Gasteiger partial charge in [0.1, 0.15) is 0 Å². The quantitative estimate of drug-likeness (QED) is 0.134. The van der Waals surface area contributed by atoms with Gasteiger partial charge in [-0.1, -0.05) is 281 Å².